The van der Waals surface area contributed by atoms with E-state index < -0.39 is 11.5 Å². The number of Topliss-reactive ketones (excluding diaryl/α,β-unsaturated/α-hetero) is 1. The Labute approximate surface area is 163 Å². The zero-order valence-electron chi connectivity index (χ0n) is 15.8. The van der Waals surface area contributed by atoms with E-state index >= 15 is 0 Å². The van der Waals surface area contributed by atoms with Crippen molar-refractivity contribution in [3.63, 3.8) is 0 Å². The van der Waals surface area contributed by atoms with Crippen LogP contribution in [0.25, 0.3) is 5.57 Å². The first-order valence-corrected chi connectivity index (χ1v) is 9.25. The zero-order valence-corrected chi connectivity index (χ0v) is 15.8. The molecule has 0 amide bonds. The van der Waals surface area contributed by atoms with Gasteiger partial charge in [0.1, 0.15) is 18.5 Å². The van der Waals surface area contributed by atoms with Gasteiger partial charge in [-0.2, -0.15) is 5.26 Å². The Kier molecular flexibility index (Phi) is 4.34. The van der Waals surface area contributed by atoms with E-state index in [2.05, 4.69) is 19.9 Å². The monoisotopic (exact) mass is 375 g/mol. The van der Waals surface area contributed by atoms with Crippen LogP contribution in [0.15, 0.2) is 42.0 Å². The summed E-state index contributed by atoms with van der Waals surface area (Å²) >= 11 is 0. The fourth-order valence-electron chi connectivity index (χ4n) is 4.30. The van der Waals surface area contributed by atoms with Crippen molar-refractivity contribution in [1.82, 2.24) is 0 Å². The molecule has 5 nitrogen and oxygen atoms in total. The molecule has 142 valence electrons. The number of carbonyl (C=O) groups is 1. The molecule has 0 fully saturated rings. The van der Waals surface area contributed by atoms with E-state index in [1.165, 1.54) is 0 Å². The predicted octanol–water partition coefficient (Wildman–Crippen LogP) is 2.77. The number of hydrogen-bond acceptors (Lipinski definition) is 5. The van der Waals surface area contributed by atoms with Gasteiger partial charge in [0.25, 0.3) is 0 Å². The van der Waals surface area contributed by atoms with Crippen LogP contribution in [0.4, 0.5) is 0 Å². The molecule has 0 heterocycles. The van der Waals surface area contributed by atoms with E-state index in [0.29, 0.717) is 23.3 Å². The van der Waals surface area contributed by atoms with E-state index in [4.69, 9.17) is 9.84 Å². The summed E-state index contributed by atoms with van der Waals surface area (Å²) in [5.41, 5.74) is 5.18. The lowest BCUT2D eigenvalue weighted by atomic mass is 9.68. The number of fused-ring (bicyclic) bond motifs is 3. The Morgan fingerprint density at radius 2 is 2.04 bits per heavy atom. The highest BCUT2D eigenvalue weighted by molar-refractivity contribution is 6.33. The van der Waals surface area contributed by atoms with E-state index in [1.807, 2.05) is 12.1 Å². The maximum atomic E-state index is 13.4. The van der Waals surface area contributed by atoms with Gasteiger partial charge in [-0.05, 0) is 41.3 Å². The summed E-state index contributed by atoms with van der Waals surface area (Å²) in [7, 11) is 0. The second-order valence-electron chi connectivity index (χ2n) is 7.79. The van der Waals surface area contributed by atoms with Crippen molar-refractivity contribution in [2.75, 3.05) is 13.2 Å². The van der Waals surface area contributed by atoms with Crippen LogP contribution in [0.2, 0.25) is 0 Å². The second-order valence-corrected chi connectivity index (χ2v) is 7.79. The molecule has 2 N–H and O–H groups in total. The molecule has 2 aliphatic rings. The maximum absolute atomic E-state index is 13.4. The van der Waals surface area contributed by atoms with Gasteiger partial charge in [-0.15, -0.1) is 0 Å². The Morgan fingerprint density at radius 3 is 2.75 bits per heavy atom. The molecule has 1 atom stereocenters. The number of hydrogen-bond donors (Lipinski definition) is 2. The minimum Gasteiger partial charge on any atom is -0.490 e. The van der Waals surface area contributed by atoms with Crippen molar-refractivity contribution < 1.29 is 19.7 Å². The van der Waals surface area contributed by atoms with E-state index in [0.717, 1.165) is 27.8 Å². The van der Waals surface area contributed by atoms with E-state index in [-0.39, 0.29) is 19.0 Å². The molecule has 0 aromatic heterocycles. The average Bonchev–Trinajstić information content (AvgIpc) is 3.10. The van der Waals surface area contributed by atoms with Crippen molar-refractivity contribution in [2.45, 2.75) is 31.8 Å². The molecule has 0 saturated carbocycles. The number of ketones is 1. The molecule has 0 spiro atoms. The number of nitrogens with zero attached hydrogens (tertiary/aromatic N) is 1. The van der Waals surface area contributed by atoms with Crippen molar-refractivity contribution in [3.8, 4) is 11.8 Å². The predicted molar refractivity (Wildman–Crippen MR) is 104 cm³/mol. The van der Waals surface area contributed by atoms with Crippen molar-refractivity contribution >= 4 is 11.4 Å². The van der Waals surface area contributed by atoms with Crippen LogP contribution < -0.4 is 4.74 Å². The van der Waals surface area contributed by atoms with Crippen molar-refractivity contribution in [3.05, 3.63) is 69.8 Å². The molecule has 4 rings (SSSR count). The zero-order chi connectivity index (χ0) is 20.1. The van der Waals surface area contributed by atoms with Crippen LogP contribution >= 0.6 is 0 Å². The van der Waals surface area contributed by atoms with Gasteiger partial charge in [-0.3, -0.25) is 4.79 Å². The molecular weight excluding hydrogens is 354 g/mol. The number of benzene rings is 2. The normalized spacial score (nSPS) is 17.5. The lowest BCUT2D eigenvalue weighted by Crippen LogP contribution is -2.31. The molecule has 0 saturated heterocycles. The molecular formula is C23H21NO4. The summed E-state index contributed by atoms with van der Waals surface area (Å²) in [6.45, 7) is 3.71. The summed E-state index contributed by atoms with van der Waals surface area (Å²) < 4.78 is 5.78. The number of rotatable bonds is 4. The summed E-state index contributed by atoms with van der Waals surface area (Å²) in [5.74, 6) is 0.504. The number of ether oxygens (including phenoxy) is 1. The highest BCUT2D eigenvalue weighted by Gasteiger charge is 2.44. The van der Waals surface area contributed by atoms with Crippen LogP contribution in [0.1, 0.15) is 46.5 Å². The number of aliphatic hydroxyl groups excluding tert-OH is 2. The number of nitriles is 1. The molecule has 0 aliphatic heterocycles. The first kappa shape index (κ1) is 18.4. The number of carbonyl (C=O) groups excluding carboxylic acids is 1. The van der Waals surface area contributed by atoms with E-state index in [9.17, 15) is 15.2 Å². The highest BCUT2D eigenvalue weighted by Crippen LogP contribution is 2.52. The first-order chi connectivity index (χ1) is 13.4. The summed E-state index contributed by atoms with van der Waals surface area (Å²) in [6, 6.07) is 13.0. The number of aliphatic hydroxyl groups is 2. The molecule has 5 heteroatoms. The van der Waals surface area contributed by atoms with Gasteiger partial charge in [-0.25, -0.2) is 0 Å². The SMILES string of the molecule is CC1(C)C2=C(C(=O)c3cccc(OC[C@@H](O)CO)c31)c1ccc(C#N)cc1C2. The van der Waals surface area contributed by atoms with Gasteiger partial charge in [0.15, 0.2) is 5.78 Å². The van der Waals surface area contributed by atoms with Crippen molar-refractivity contribution in [1.29, 1.82) is 5.26 Å². The molecule has 2 aliphatic carbocycles. The van der Waals surface area contributed by atoms with Gasteiger partial charge in [0.05, 0.1) is 18.2 Å². The van der Waals surface area contributed by atoms with Crippen LogP contribution in [0, 0.1) is 11.3 Å². The third-order valence-corrected chi connectivity index (χ3v) is 5.69. The quantitative estimate of drug-likeness (QED) is 0.858. The Bertz CT molecular complexity index is 1060. The molecule has 0 unspecified atom stereocenters. The van der Waals surface area contributed by atoms with Crippen LogP contribution in [-0.2, 0) is 11.8 Å². The number of allylic oxidation sites excluding steroid dienone is 2. The highest BCUT2D eigenvalue weighted by atomic mass is 16.5. The molecule has 0 radical (unpaired) electrons. The lowest BCUT2D eigenvalue weighted by molar-refractivity contribution is 0.0530. The fraction of sp³-hybridized carbons (Fsp3) is 0.304. The van der Waals surface area contributed by atoms with Crippen LogP contribution in [-0.4, -0.2) is 35.3 Å². The first-order valence-electron chi connectivity index (χ1n) is 9.25. The molecule has 2 aromatic carbocycles. The van der Waals surface area contributed by atoms with Crippen molar-refractivity contribution in [2.24, 2.45) is 0 Å². The second kappa shape index (κ2) is 6.59. The molecule has 28 heavy (non-hydrogen) atoms. The molecule has 0 bridgehead atoms. The Balaban J connectivity index is 1.82. The topological polar surface area (TPSA) is 90.6 Å². The molecule has 2 aromatic rings. The largest absolute Gasteiger partial charge is 0.490 e. The third-order valence-electron chi connectivity index (χ3n) is 5.69. The van der Waals surface area contributed by atoms with Crippen LogP contribution in [0.3, 0.4) is 0 Å². The van der Waals surface area contributed by atoms with Gasteiger partial charge >= 0.3 is 0 Å². The summed E-state index contributed by atoms with van der Waals surface area (Å²) in [4.78, 5) is 13.4. The summed E-state index contributed by atoms with van der Waals surface area (Å²) in [5, 5.41) is 27.9. The van der Waals surface area contributed by atoms with Crippen LogP contribution in [0.5, 0.6) is 5.75 Å². The summed E-state index contributed by atoms with van der Waals surface area (Å²) in [6.07, 6.45) is -0.362. The van der Waals surface area contributed by atoms with E-state index in [1.54, 1.807) is 24.3 Å². The Morgan fingerprint density at radius 1 is 1.25 bits per heavy atom. The lowest BCUT2D eigenvalue weighted by Gasteiger charge is -2.35. The minimum atomic E-state index is -0.979. The van der Waals surface area contributed by atoms with Gasteiger partial charge in [-0.1, -0.05) is 32.0 Å². The van der Waals surface area contributed by atoms with Gasteiger partial charge in [0, 0.05) is 22.1 Å². The van der Waals surface area contributed by atoms with Gasteiger partial charge in [0.2, 0.25) is 0 Å². The standard InChI is InChI=1S/C23H21NO4/c1-23(2)18-9-14-8-13(10-24)6-7-16(14)20(18)22(27)17-4-3-5-19(21(17)23)28-12-15(26)11-25/h3-8,15,25-26H,9,11-12H2,1-2H3/t15-/m0/s1. The smallest absolute Gasteiger partial charge is 0.194 e. The fourth-order valence-corrected chi connectivity index (χ4v) is 4.30. The minimum absolute atomic E-state index is 0.0408. The Hall–Kier alpha value is -2.94. The third kappa shape index (κ3) is 2.65. The van der Waals surface area contributed by atoms with Gasteiger partial charge < -0.3 is 14.9 Å². The maximum Gasteiger partial charge on any atom is 0.194 e. The average molecular weight is 375 g/mol.